The molecule has 0 radical (unpaired) electrons. The van der Waals surface area contributed by atoms with Crippen LogP contribution in [0.4, 0.5) is 5.69 Å². The van der Waals surface area contributed by atoms with E-state index in [-0.39, 0.29) is 42.0 Å². The number of nitro benzene ring substituents is 1. The van der Waals surface area contributed by atoms with Gasteiger partial charge in [0.25, 0.3) is 17.5 Å². The molecule has 1 aliphatic heterocycles. The molecule has 2 aromatic rings. The summed E-state index contributed by atoms with van der Waals surface area (Å²) in [4.78, 5) is 46.9. The van der Waals surface area contributed by atoms with Gasteiger partial charge < -0.3 is 4.74 Å². The summed E-state index contributed by atoms with van der Waals surface area (Å²) in [5.41, 5.74) is 0.750. The van der Waals surface area contributed by atoms with Crippen molar-refractivity contribution in [2.45, 2.75) is 12.8 Å². The highest BCUT2D eigenvalue weighted by Crippen LogP contribution is 2.24. The molecule has 0 bridgehead atoms. The molecular weight excluding hydrogens is 352 g/mol. The van der Waals surface area contributed by atoms with E-state index in [2.05, 4.69) is 0 Å². The first kappa shape index (κ1) is 18.2. The second-order valence-corrected chi connectivity index (χ2v) is 5.96. The number of hydrogen-bond donors (Lipinski definition) is 0. The highest BCUT2D eigenvalue weighted by molar-refractivity contribution is 6.21. The number of nitro groups is 1. The number of carbonyl (C=O) groups is 3. The molecule has 27 heavy (non-hydrogen) atoms. The number of fused-ring (bicyclic) bond motifs is 1. The number of aldehydes is 1. The van der Waals surface area contributed by atoms with E-state index < -0.39 is 4.92 Å². The number of imide groups is 1. The fraction of sp³-hybridized carbons (Fsp3) is 0.211. The fourth-order valence-corrected chi connectivity index (χ4v) is 2.87. The Morgan fingerprint density at radius 1 is 1.04 bits per heavy atom. The molecule has 138 valence electrons. The van der Waals surface area contributed by atoms with Crippen LogP contribution >= 0.6 is 0 Å². The van der Waals surface area contributed by atoms with E-state index in [4.69, 9.17) is 4.74 Å². The van der Waals surface area contributed by atoms with Crippen LogP contribution in [-0.4, -0.2) is 41.1 Å². The molecule has 1 aliphatic rings. The average molecular weight is 368 g/mol. The summed E-state index contributed by atoms with van der Waals surface area (Å²) < 4.78 is 5.50. The van der Waals surface area contributed by atoms with E-state index >= 15 is 0 Å². The van der Waals surface area contributed by atoms with Crippen LogP contribution in [0.3, 0.4) is 0 Å². The summed E-state index contributed by atoms with van der Waals surface area (Å²) in [6, 6.07) is 10.5. The van der Waals surface area contributed by atoms with Gasteiger partial charge in [-0.2, -0.15) is 0 Å². The molecule has 0 fully saturated rings. The maximum absolute atomic E-state index is 12.2. The minimum absolute atomic E-state index is 0.101. The number of non-ortho nitro benzene ring substituents is 1. The summed E-state index contributed by atoms with van der Waals surface area (Å²) in [5, 5.41) is 10.7. The molecule has 0 aliphatic carbocycles. The molecule has 2 amide bonds. The van der Waals surface area contributed by atoms with E-state index in [1.165, 1.54) is 17.0 Å². The van der Waals surface area contributed by atoms with Crippen molar-refractivity contribution in [2.75, 3.05) is 13.2 Å². The number of ether oxygens (including phenoxy) is 1. The van der Waals surface area contributed by atoms with E-state index in [0.29, 0.717) is 30.3 Å². The zero-order valence-electron chi connectivity index (χ0n) is 14.3. The van der Waals surface area contributed by atoms with Crippen LogP contribution in [0.25, 0.3) is 0 Å². The van der Waals surface area contributed by atoms with Gasteiger partial charge in [0.2, 0.25) is 0 Å². The molecule has 2 aromatic carbocycles. The summed E-state index contributed by atoms with van der Waals surface area (Å²) >= 11 is 0. The summed E-state index contributed by atoms with van der Waals surface area (Å²) in [7, 11) is 0. The topological polar surface area (TPSA) is 107 Å². The maximum Gasteiger partial charge on any atom is 0.270 e. The molecule has 0 saturated heterocycles. The van der Waals surface area contributed by atoms with Gasteiger partial charge in [-0.3, -0.25) is 29.4 Å². The zero-order valence-corrected chi connectivity index (χ0v) is 14.3. The van der Waals surface area contributed by atoms with Gasteiger partial charge in [0.15, 0.2) is 6.29 Å². The number of amides is 2. The van der Waals surface area contributed by atoms with Crippen LogP contribution in [0.1, 0.15) is 43.9 Å². The van der Waals surface area contributed by atoms with Gasteiger partial charge in [-0.15, -0.1) is 0 Å². The van der Waals surface area contributed by atoms with Crippen molar-refractivity contribution in [3.05, 3.63) is 69.3 Å². The third-order valence-electron chi connectivity index (χ3n) is 4.24. The second-order valence-electron chi connectivity index (χ2n) is 5.96. The predicted octanol–water partition coefficient (Wildman–Crippen LogP) is 2.86. The summed E-state index contributed by atoms with van der Waals surface area (Å²) in [6.07, 6.45) is 1.58. The van der Waals surface area contributed by atoms with Crippen molar-refractivity contribution in [3.63, 3.8) is 0 Å². The Hall–Kier alpha value is -3.55. The first-order chi connectivity index (χ1) is 13.0. The number of carbonyl (C=O) groups excluding carboxylic acids is 3. The second kappa shape index (κ2) is 7.77. The molecule has 0 spiro atoms. The van der Waals surface area contributed by atoms with Gasteiger partial charge in [-0.05, 0) is 31.0 Å². The first-order valence-electron chi connectivity index (χ1n) is 8.34. The molecule has 0 saturated carbocycles. The van der Waals surface area contributed by atoms with E-state index in [0.717, 1.165) is 6.07 Å². The lowest BCUT2D eigenvalue weighted by atomic mass is 10.1. The molecule has 3 rings (SSSR count). The minimum Gasteiger partial charge on any atom is -0.493 e. The third-order valence-corrected chi connectivity index (χ3v) is 4.24. The molecule has 0 atom stereocenters. The SMILES string of the molecule is O=Cc1cc([N+](=O)[O-])ccc1OCCCCN1C(=O)c2ccccc2C1=O. The number of nitrogens with zero attached hydrogens (tertiary/aromatic N) is 2. The average Bonchev–Trinajstić information content (AvgIpc) is 2.92. The Labute approximate surface area is 154 Å². The molecule has 0 unspecified atom stereocenters. The highest BCUT2D eigenvalue weighted by atomic mass is 16.6. The zero-order chi connectivity index (χ0) is 19.4. The van der Waals surface area contributed by atoms with Gasteiger partial charge in [0, 0.05) is 18.7 Å². The van der Waals surface area contributed by atoms with Gasteiger partial charge in [0.05, 0.1) is 28.2 Å². The Kier molecular flexibility index (Phi) is 5.25. The first-order valence-corrected chi connectivity index (χ1v) is 8.34. The minimum atomic E-state index is -0.584. The number of hydrogen-bond acceptors (Lipinski definition) is 6. The number of rotatable bonds is 8. The lowest BCUT2D eigenvalue weighted by Crippen LogP contribution is -2.30. The van der Waals surface area contributed by atoms with Crippen LogP contribution in [-0.2, 0) is 0 Å². The maximum atomic E-state index is 12.2. The Bertz CT molecular complexity index is 889. The number of unbranched alkanes of at least 4 members (excludes halogenated alkanes) is 1. The van der Waals surface area contributed by atoms with E-state index in [9.17, 15) is 24.5 Å². The van der Waals surface area contributed by atoms with Gasteiger partial charge in [-0.1, -0.05) is 12.1 Å². The normalized spacial score (nSPS) is 12.8. The van der Waals surface area contributed by atoms with Gasteiger partial charge in [0.1, 0.15) is 5.75 Å². The highest BCUT2D eigenvalue weighted by Gasteiger charge is 2.34. The van der Waals surface area contributed by atoms with Gasteiger partial charge >= 0.3 is 0 Å². The molecule has 1 heterocycles. The monoisotopic (exact) mass is 368 g/mol. The summed E-state index contributed by atoms with van der Waals surface area (Å²) in [6.45, 7) is 0.526. The van der Waals surface area contributed by atoms with Crippen molar-refractivity contribution >= 4 is 23.8 Å². The lowest BCUT2D eigenvalue weighted by Gasteiger charge is -2.14. The smallest absolute Gasteiger partial charge is 0.270 e. The fourth-order valence-electron chi connectivity index (χ4n) is 2.87. The predicted molar refractivity (Wildman–Crippen MR) is 95.0 cm³/mol. The molecule has 0 aromatic heterocycles. The van der Waals surface area contributed by atoms with Crippen LogP contribution in [0, 0.1) is 10.1 Å². The molecule has 8 nitrogen and oxygen atoms in total. The van der Waals surface area contributed by atoms with Crippen LogP contribution < -0.4 is 4.74 Å². The largest absolute Gasteiger partial charge is 0.493 e. The lowest BCUT2D eigenvalue weighted by molar-refractivity contribution is -0.384. The molecule has 8 heteroatoms. The van der Waals surface area contributed by atoms with Gasteiger partial charge in [-0.25, -0.2) is 0 Å². The Morgan fingerprint density at radius 2 is 1.70 bits per heavy atom. The standard InChI is InChI=1S/C19H16N2O6/c22-12-13-11-14(21(25)26)7-8-17(13)27-10-4-3-9-20-18(23)15-5-1-2-6-16(15)19(20)24/h1-2,5-8,11-12H,3-4,9-10H2. The Balaban J connectivity index is 1.51. The van der Waals surface area contributed by atoms with Crippen molar-refractivity contribution in [1.82, 2.24) is 4.90 Å². The van der Waals surface area contributed by atoms with Crippen LogP contribution in [0.5, 0.6) is 5.75 Å². The third kappa shape index (κ3) is 3.69. The van der Waals surface area contributed by atoms with Crippen molar-refractivity contribution in [3.8, 4) is 5.75 Å². The van der Waals surface area contributed by atoms with Crippen molar-refractivity contribution < 1.29 is 24.0 Å². The van der Waals surface area contributed by atoms with Crippen LogP contribution in [0.2, 0.25) is 0 Å². The van der Waals surface area contributed by atoms with Crippen LogP contribution in [0.15, 0.2) is 42.5 Å². The molecular formula is C19H16N2O6. The Morgan fingerprint density at radius 3 is 2.30 bits per heavy atom. The van der Waals surface area contributed by atoms with E-state index in [1.54, 1.807) is 24.3 Å². The van der Waals surface area contributed by atoms with Crippen molar-refractivity contribution in [2.24, 2.45) is 0 Å². The molecule has 0 N–H and O–H groups in total. The van der Waals surface area contributed by atoms with Crippen molar-refractivity contribution in [1.29, 1.82) is 0 Å². The quantitative estimate of drug-likeness (QED) is 0.233. The summed E-state index contributed by atoms with van der Waals surface area (Å²) in [5.74, 6) is -0.332. The van der Waals surface area contributed by atoms with E-state index in [1.807, 2.05) is 0 Å². The number of benzene rings is 2.